The summed E-state index contributed by atoms with van der Waals surface area (Å²) in [6.45, 7) is 6.44. The van der Waals surface area contributed by atoms with Gasteiger partial charge in [0, 0.05) is 6.04 Å². The number of nitrogens with two attached hydrogens (primary N) is 1. The molecule has 0 bridgehead atoms. The van der Waals surface area contributed by atoms with E-state index in [0.29, 0.717) is 11.8 Å². The van der Waals surface area contributed by atoms with Crippen LogP contribution in [0.4, 0.5) is 0 Å². The zero-order chi connectivity index (χ0) is 10.7. The van der Waals surface area contributed by atoms with Crippen molar-refractivity contribution in [1.29, 1.82) is 0 Å². The van der Waals surface area contributed by atoms with Crippen LogP contribution < -0.4 is 5.73 Å². The van der Waals surface area contributed by atoms with Gasteiger partial charge in [0.15, 0.2) is 0 Å². The van der Waals surface area contributed by atoms with Gasteiger partial charge < -0.3 is 10.8 Å². The molecule has 1 rings (SSSR count). The molecule has 0 heterocycles. The van der Waals surface area contributed by atoms with Gasteiger partial charge >= 0.3 is 0 Å². The van der Waals surface area contributed by atoms with Crippen LogP contribution in [0, 0.1) is 17.8 Å². The van der Waals surface area contributed by atoms with Crippen LogP contribution in [-0.4, -0.2) is 17.3 Å². The van der Waals surface area contributed by atoms with E-state index < -0.39 is 0 Å². The highest BCUT2D eigenvalue weighted by Crippen LogP contribution is 2.32. The largest absolute Gasteiger partial charge is 0.391 e. The van der Waals surface area contributed by atoms with E-state index in [9.17, 15) is 5.11 Å². The predicted molar refractivity (Wildman–Crippen MR) is 59.9 cm³/mol. The van der Waals surface area contributed by atoms with E-state index >= 15 is 0 Å². The molecule has 0 spiro atoms. The van der Waals surface area contributed by atoms with Gasteiger partial charge in [0.05, 0.1) is 6.10 Å². The Labute approximate surface area is 87.9 Å². The van der Waals surface area contributed by atoms with Crippen molar-refractivity contribution < 1.29 is 5.11 Å². The molecule has 1 aliphatic rings. The fourth-order valence-corrected chi connectivity index (χ4v) is 2.50. The average molecular weight is 199 g/mol. The van der Waals surface area contributed by atoms with Crippen molar-refractivity contribution in [3.8, 4) is 0 Å². The van der Waals surface area contributed by atoms with Crippen LogP contribution in [0.1, 0.15) is 46.5 Å². The summed E-state index contributed by atoms with van der Waals surface area (Å²) >= 11 is 0. The maximum absolute atomic E-state index is 10.1. The molecule has 4 unspecified atom stereocenters. The van der Waals surface area contributed by atoms with Gasteiger partial charge in [-0.1, -0.05) is 33.6 Å². The van der Waals surface area contributed by atoms with Gasteiger partial charge in [0.25, 0.3) is 0 Å². The van der Waals surface area contributed by atoms with Gasteiger partial charge in [0.1, 0.15) is 0 Å². The molecule has 1 aliphatic carbocycles. The monoisotopic (exact) mass is 199 g/mol. The Hall–Kier alpha value is -0.0800. The van der Waals surface area contributed by atoms with Crippen LogP contribution in [0.25, 0.3) is 0 Å². The molecule has 0 aromatic carbocycles. The first-order chi connectivity index (χ1) is 6.52. The Balaban J connectivity index is 2.46. The molecular formula is C12H25NO. The fraction of sp³-hybridized carbons (Fsp3) is 1.00. The molecule has 3 N–H and O–H groups in total. The Kier molecular flexibility index (Phi) is 4.39. The van der Waals surface area contributed by atoms with Crippen LogP contribution in [0.5, 0.6) is 0 Å². The first kappa shape index (κ1) is 12.0. The van der Waals surface area contributed by atoms with Crippen LogP contribution in [-0.2, 0) is 0 Å². The smallest absolute Gasteiger partial charge is 0.0721 e. The molecule has 0 saturated heterocycles. The van der Waals surface area contributed by atoms with Gasteiger partial charge in [0.2, 0.25) is 0 Å². The van der Waals surface area contributed by atoms with Gasteiger partial charge in [-0.25, -0.2) is 0 Å². The van der Waals surface area contributed by atoms with Gasteiger partial charge in [-0.3, -0.25) is 0 Å². The lowest BCUT2D eigenvalue weighted by atomic mass is 9.76. The summed E-state index contributed by atoms with van der Waals surface area (Å²) in [4.78, 5) is 0. The minimum atomic E-state index is -0.294. The van der Waals surface area contributed by atoms with Crippen molar-refractivity contribution in [3.63, 3.8) is 0 Å². The van der Waals surface area contributed by atoms with Crippen LogP contribution in [0.3, 0.4) is 0 Å². The van der Waals surface area contributed by atoms with E-state index in [0.717, 1.165) is 18.8 Å². The molecule has 0 aliphatic heterocycles. The lowest BCUT2D eigenvalue weighted by Gasteiger charge is -2.34. The Morgan fingerprint density at radius 1 is 1.29 bits per heavy atom. The highest BCUT2D eigenvalue weighted by Gasteiger charge is 2.30. The molecule has 0 aromatic heterocycles. The van der Waals surface area contributed by atoms with E-state index in [1.807, 2.05) is 0 Å². The Morgan fingerprint density at radius 3 is 2.43 bits per heavy atom. The molecule has 2 heteroatoms. The minimum absolute atomic E-state index is 0.0506. The molecule has 2 nitrogen and oxygen atoms in total. The van der Waals surface area contributed by atoms with E-state index in [-0.39, 0.29) is 12.1 Å². The summed E-state index contributed by atoms with van der Waals surface area (Å²) in [5.41, 5.74) is 5.99. The van der Waals surface area contributed by atoms with E-state index in [1.54, 1.807) is 0 Å². The topological polar surface area (TPSA) is 46.2 Å². The maximum Gasteiger partial charge on any atom is 0.0721 e. The second-order valence-corrected chi connectivity index (χ2v) is 5.34. The van der Waals surface area contributed by atoms with Gasteiger partial charge in [-0.05, 0) is 30.6 Å². The third-order valence-corrected chi connectivity index (χ3v) is 3.62. The zero-order valence-electron chi connectivity index (χ0n) is 9.74. The molecule has 84 valence electrons. The lowest BCUT2D eigenvalue weighted by Crippen LogP contribution is -2.44. The molecule has 0 amide bonds. The number of aliphatic hydroxyl groups excluding tert-OH is 1. The summed E-state index contributed by atoms with van der Waals surface area (Å²) in [7, 11) is 0. The first-order valence-corrected chi connectivity index (χ1v) is 5.96. The zero-order valence-corrected chi connectivity index (χ0v) is 9.74. The average Bonchev–Trinajstić information content (AvgIpc) is 2.15. The molecule has 4 atom stereocenters. The molecular weight excluding hydrogens is 174 g/mol. The summed E-state index contributed by atoms with van der Waals surface area (Å²) in [5.74, 6) is 1.58. The number of aliphatic hydroxyl groups is 1. The van der Waals surface area contributed by atoms with Crippen LogP contribution in [0.2, 0.25) is 0 Å². The second kappa shape index (κ2) is 5.13. The lowest BCUT2D eigenvalue weighted by molar-refractivity contribution is 0.0387. The first-order valence-electron chi connectivity index (χ1n) is 5.96. The highest BCUT2D eigenvalue weighted by molar-refractivity contribution is 4.84. The molecule has 14 heavy (non-hydrogen) atoms. The summed E-state index contributed by atoms with van der Waals surface area (Å²) < 4.78 is 0. The third kappa shape index (κ3) is 2.96. The van der Waals surface area contributed by atoms with E-state index in [4.69, 9.17) is 5.73 Å². The predicted octanol–water partition coefficient (Wildman–Crippen LogP) is 2.16. The van der Waals surface area contributed by atoms with Crippen LogP contribution >= 0.6 is 0 Å². The summed E-state index contributed by atoms with van der Waals surface area (Å²) in [6.07, 6.45) is 4.60. The maximum atomic E-state index is 10.1. The van der Waals surface area contributed by atoms with Crippen molar-refractivity contribution in [3.05, 3.63) is 0 Å². The minimum Gasteiger partial charge on any atom is -0.391 e. The van der Waals surface area contributed by atoms with Crippen molar-refractivity contribution in [2.45, 2.75) is 58.6 Å². The van der Waals surface area contributed by atoms with Crippen molar-refractivity contribution in [2.75, 3.05) is 0 Å². The van der Waals surface area contributed by atoms with E-state index in [2.05, 4.69) is 20.8 Å². The molecule has 1 saturated carbocycles. The Bertz CT molecular complexity index is 170. The molecule has 0 aromatic rings. The van der Waals surface area contributed by atoms with Crippen molar-refractivity contribution in [2.24, 2.45) is 23.5 Å². The third-order valence-electron chi connectivity index (χ3n) is 3.62. The fourth-order valence-electron chi connectivity index (χ4n) is 2.50. The van der Waals surface area contributed by atoms with Gasteiger partial charge in [-0.2, -0.15) is 0 Å². The van der Waals surface area contributed by atoms with Crippen molar-refractivity contribution in [1.82, 2.24) is 0 Å². The van der Waals surface area contributed by atoms with Crippen LogP contribution in [0.15, 0.2) is 0 Å². The SMILES string of the molecule is CC1CCCC(C(O)C(N)C(C)C)C1. The number of hydrogen-bond acceptors (Lipinski definition) is 2. The number of hydrogen-bond donors (Lipinski definition) is 2. The standard InChI is InChI=1S/C12H25NO/c1-8(2)11(13)12(14)10-6-4-5-9(3)7-10/h8-12,14H,4-7,13H2,1-3H3. The quantitative estimate of drug-likeness (QED) is 0.731. The van der Waals surface area contributed by atoms with E-state index in [1.165, 1.54) is 12.8 Å². The Morgan fingerprint density at radius 2 is 1.93 bits per heavy atom. The number of rotatable bonds is 3. The summed E-state index contributed by atoms with van der Waals surface area (Å²) in [5, 5.41) is 10.1. The molecule has 1 fully saturated rings. The normalized spacial score (nSPS) is 33.0. The second-order valence-electron chi connectivity index (χ2n) is 5.34. The van der Waals surface area contributed by atoms with Crippen molar-refractivity contribution >= 4 is 0 Å². The molecule has 0 radical (unpaired) electrons. The summed E-state index contributed by atoms with van der Waals surface area (Å²) in [6, 6.07) is -0.0506. The highest BCUT2D eigenvalue weighted by atomic mass is 16.3. The van der Waals surface area contributed by atoms with Gasteiger partial charge in [-0.15, -0.1) is 0 Å².